The summed E-state index contributed by atoms with van der Waals surface area (Å²) in [4.78, 5) is 26.6. The van der Waals surface area contributed by atoms with Gasteiger partial charge in [-0.3, -0.25) is 9.59 Å². The van der Waals surface area contributed by atoms with Gasteiger partial charge >= 0.3 is 0 Å². The molecule has 1 fully saturated rings. The quantitative estimate of drug-likeness (QED) is 0.924. The smallest absolute Gasteiger partial charge is 0.255 e. The summed E-state index contributed by atoms with van der Waals surface area (Å²) >= 11 is 0. The van der Waals surface area contributed by atoms with Crippen LogP contribution in [0.25, 0.3) is 0 Å². The average molecular weight is 288 g/mol. The van der Waals surface area contributed by atoms with Crippen molar-refractivity contribution in [2.24, 2.45) is 5.92 Å². The molecule has 21 heavy (non-hydrogen) atoms. The number of para-hydroxylation sites is 1. The molecule has 1 saturated heterocycles. The number of nitrogens with zero attached hydrogens (tertiary/aromatic N) is 1. The molecule has 0 aliphatic carbocycles. The molecule has 4 heteroatoms. The minimum atomic E-state index is -0.0526. The number of benzene rings is 1. The highest BCUT2D eigenvalue weighted by atomic mass is 16.2. The van der Waals surface area contributed by atoms with E-state index >= 15 is 0 Å². The van der Waals surface area contributed by atoms with Crippen LogP contribution in [-0.4, -0.2) is 29.8 Å². The Labute approximate surface area is 126 Å². The lowest BCUT2D eigenvalue weighted by molar-refractivity contribution is -0.119. The highest BCUT2D eigenvalue weighted by Crippen LogP contribution is 2.20. The maximum absolute atomic E-state index is 12.6. The Morgan fingerprint density at radius 2 is 1.86 bits per heavy atom. The van der Waals surface area contributed by atoms with Gasteiger partial charge in [-0.2, -0.15) is 0 Å². The summed E-state index contributed by atoms with van der Waals surface area (Å²) in [5.41, 5.74) is 1.22. The van der Waals surface area contributed by atoms with Gasteiger partial charge in [0.1, 0.15) is 0 Å². The van der Waals surface area contributed by atoms with Gasteiger partial charge in [-0.15, -0.1) is 0 Å². The summed E-state index contributed by atoms with van der Waals surface area (Å²) in [5.74, 6) is -0.0608. The summed E-state index contributed by atoms with van der Waals surface area (Å²) in [7, 11) is 0. The molecule has 0 saturated carbocycles. The van der Waals surface area contributed by atoms with E-state index in [1.54, 1.807) is 12.1 Å². The van der Waals surface area contributed by atoms with Crippen molar-refractivity contribution in [3.05, 3.63) is 29.8 Å². The monoisotopic (exact) mass is 288 g/mol. The van der Waals surface area contributed by atoms with Gasteiger partial charge in [-0.1, -0.05) is 26.0 Å². The SMILES string of the molecule is CCC(C)C(=O)Nc1ccccc1C(=O)N1CCCCC1. The average Bonchev–Trinajstić information content (AvgIpc) is 2.54. The third-order valence-electron chi connectivity index (χ3n) is 4.12. The van der Waals surface area contributed by atoms with Crippen LogP contribution in [0.1, 0.15) is 49.9 Å². The third-order valence-corrected chi connectivity index (χ3v) is 4.12. The first-order chi connectivity index (χ1) is 10.1. The van der Waals surface area contributed by atoms with Crippen molar-refractivity contribution in [1.82, 2.24) is 4.90 Å². The molecule has 1 heterocycles. The topological polar surface area (TPSA) is 49.4 Å². The second-order valence-corrected chi connectivity index (χ2v) is 5.70. The van der Waals surface area contributed by atoms with E-state index in [9.17, 15) is 9.59 Å². The molecule has 1 aromatic rings. The van der Waals surface area contributed by atoms with E-state index in [0.29, 0.717) is 11.3 Å². The van der Waals surface area contributed by atoms with Crippen LogP contribution in [-0.2, 0) is 4.79 Å². The fourth-order valence-corrected chi connectivity index (χ4v) is 2.49. The lowest BCUT2D eigenvalue weighted by Crippen LogP contribution is -2.36. The molecule has 1 aliphatic rings. The fourth-order valence-electron chi connectivity index (χ4n) is 2.49. The Bertz CT molecular complexity index is 507. The van der Waals surface area contributed by atoms with Crippen LogP contribution >= 0.6 is 0 Å². The molecule has 1 atom stereocenters. The van der Waals surface area contributed by atoms with Crippen molar-refractivity contribution in [2.45, 2.75) is 39.5 Å². The van der Waals surface area contributed by atoms with E-state index in [4.69, 9.17) is 0 Å². The second kappa shape index (κ2) is 7.25. The van der Waals surface area contributed by atoms with Crippen molar-refractivity contribution in [1.29, 1.82) is 0 Å². The lowest BCUT2D eigenvalue weighted by Gasteiger charge is -2.27. The molecular formula is C17H24N2O2. The highest BCUT2D eigenvalue weighted by Gasteiger charge is 2.21. The van der Waals surface area contributed by atoms with Crippen LogP contribution in [0.3, 0.4) is 0 Å². The number of hydrogen-bond acceptors (Lipinski definition) is 2. The minimum absolute atomic E-state index is 0.0229. The maximum Gasteiger partial charge on any atom is 0.255 e. The van der Waals surface area contributed by atoms with E-state index < -0.39 is 0 Å². The Balaban J connectivity index is 2.16. The fraction of sp³-hybridized carbons (Fsp3) is 0.529. The van der Waals surface area contributed by atoms with Gasteiger partial charge < -0.3 is 10.2 Å². The molecule has 2 amide bonds. The zero-order valence-electron chi connectivity index (χ0n) is 12.9. The molecular weight excluding hydrogens is 264 g/mol. The number of likely N-dealkylation sites (tertiary alicyclic amines) is 1. The molecule has 2 rings (SSSR count). The predicted molar refractivity (Wildman–Crippen MR) is 84.3 cm³/mol. The summed E-state index contributed by atoms with van der Waals surface area (Å²) in [6.07, 6.45) is 4.10. The molecule has 0 radical (unpaired) electrons. The van der Waals surface area contributed by atoms with Crippen molar-refractivity contribution in [3.8, 4) is 0 Å². The standard InChI is InChI=1S/C17H24N2O2/c1-3-13(2)16(20)18-15-10-6-5-9-14(15)17(21)19-11-7-4-8-12-19/h5-6,9-10,13H,3-4,7-8,11-12H2,1-2H3,(H,18,20). The Morgan fingerprint density at radius 3 is 2.52 bits per heavy atom. The molecule has 114 valence electrons. The molecule has 1 aromatic carbocycles. The van der Waals surface area contributed by atoms with Crippen LogP contribution in [0, 0.1) is 5.92 Å². The van der Waals surface area contributed by atoms with E-state index in [0.717, 1.165) is 32.4 Å². The van der Waals surface area contributed by atoms with Crippen LogP contribution in [0.4, 0.5) is 5.69 Å². The van der Waals surface area contributed by atoms with Gasteiger partial charge in [0.25, 0.3) is 5.91 Å². The van der Waals surface area contributed by atoms with Crippen LogP contribution < -0.4 is 5.32 Å². The highest BCUT2D eigenvalue weighted by molar-refractivity contribution is 6.04. The number of carbonyl (C=O) groups is 2. The number of carbonyl (C=O) groups excluding carboxylic acids is 2. The molecule has 4 nitrogen and oxygen atoms in total. The van der Waals surface area contributed by atoms with Crippen LogP contribution in [0.15, 0.2) is 24.3 Å². The number of amides is 2. The van der Waals surface area contributed by atoms with E-state index in [-0.39, 0.29) is 17.7 Å². The normalized spacial score (nSPS) is 16.4. The molecule has 1 aliphatic heterocycles. The zero-order chi connectivity index (χ0) is 15.2. The van der Waals surface area contributed by atoms with Gasteiger partial charge in [0.2, 0.25) is 5.91 Å². The third kappa shape index (κ3) is 3.84. The van der Waals surface area contributed by atoms with E-state index in [2.05, 4.69) is 5.32 Å². The summed E-state index contributed by atoms with van der Waals surface area (Å²) in [6.45, 7) is 5.50. The van der Waals surface area contributed by atoms with Gasteiger partial charge in [-0.25, -0.2) is 0 Å². The van der Waals surface area contributed by atoms with Crippen molar-refractivity contribution in [3.63, 3.8) is 0 Å². The van der Waals surface area contributed by atoms with Gasteiger partial charge in [-0.05, 0) is 37.8 Å². The van der Waals surface area contributed by atoms with Crippen LogP contribution in [0.5, 0.6) is 0 Å². The van der Waals surface area contributed by atoms with E-state index in [1.165, 1.54) is 6.42 Å². The largest absolute Gasteiger partial charge is 0.339 e. The van der Waals surface area contributed by atoms with Gasteiger partial charge in [0.05, 0.1) is 11.3 Å². The lowest BCUT2D eigenvalue weighted by atomic mass is 10.1. The Morgan fingerprint density at radius 1 is 1.19 bits per heavy atom. The molecule has 1 N–H and O–H groups in total. The number of piperidine rings is 1. The number of anilines is 1. The molecule has 0 spiro atoms. The number of nitrogens with one attached hydrogen (secondary N) is 1. The van der Waals surface area contributed by atoms with Crippen LogP contribution in [0.2, 0.25) is 0 Å². The first kappa shape index (κ1) is 15.5. The number of rotatable bonds is 4. The maximum atomic E-state index is 12.6. The molecule has 1 unspecified atom stereocenters. The minimum Gasteiger partial charge on any atom is -0.339 e. The zero-order valence-corrected chi connectivity index (χ0v) is 12.9. The Hall–Kier alpha value is -1.84. The van der Waals surface area contributed by atoms with Crippen molar-refractivity contribution in [2.75, 3.05) is 18.4 Å². The van der Waals surface area contributed by atoms with Crippen molar-refractivity contribution < 1.29 is 9.59 Å². The Kier molecular flexibility index (Phi) is 5.37. The van der Waals surface area contributed by atoms with Gasteiger partial charge in [0.15, 0.2) is 0 Å². The van der Waals surface area contributed by atoms with Crippen molar-refractivity contribution >= 4 is 17.5 Å². The number of hydrogen-bond donors (Lipinski definition) is 1. The summed E-state index contributed by atoms with van der Waals surface area (Å²) < 4.78 is 0. The molecule has 0 aromatic heterocycles. The first-order valence-corrected chi connectivity index (χ1v) is 7.82. The van der Waals surface area contributed by atoms with Gasteiger partial charge in [0, 0.05) is 19.0 Å². The second-order valence-electron chi connectivity index (χ2n) is 5.70. The predicted octanol–water partition coefficient (Wildman–Crippen LogP) is 3.30. The first-order valence-electron chi connectivity index (χ1n) is 7.82. The molecule has 0 bridgehead atoms. The van der Waals surface area contributed by atoms with E-state index in [1.807, 2.05) is 30.9 Å². The summed E-state index contributed by atoms with van der Waals surface area (Å²) in [6, 6.07) is 7.29. The summed E-state index contributed by atoms with van der Waals surface area (Å²) in [5, 5.41) is 2.89.